The predicted octanol–water partition coefficient (Wildman–Crippen LogP) is 1.81. The molecule has 1 fully saturated rings. The number of aromatic nitrogens is 2. The normalized spacial score (nSPS) is 18.1. The van der Waals surface area contributed by atoms with Gasteiger partial charge in [-0.1, -0.05) is 18.5 Å². The van der Waals surface area contributed by atoms with Crippen LogP contribution in [0.2, 0.25) is 0 Å². The topological polar surface area (TPSA) is 120 Å². The third kappa shape index (κ3) is 4.75. The van der Waals surface area contributed by atoms with E-state index in [0.29, 0.717) is 29.7 Å². The lowest BCUT2D eigenvalue weighted by molar-refractivity contribution is -0.136. The van der Waals surface area contributed by atoms with Crippen molar-refractivity contribution in [2.75, 3.05) is 24.7 Å². The number of rotatable bonds is 7. The van der Waals surface area contributed by atoms with Crippen LogP contribution in [0.1, 0.15) is 47.9 Å². The quantitative estimate of drug-likeness (QED) is 0.619. The van der Waals surface area contributed by atoms with Crippen LogP contribution in [0, 0.1) is 13.8 Å². The van der Waals surface area contributed by atoms with Crippen molar-refractivity contribution in [3.63, 3.8) is 0 Å². The van der Waals surface area contributed by atoms with E-state index in [2.05, 4.69) is 10.1 Å². The third-order valence-electron chi connectivity index (χ3n) is 5.01. The van der Waals surface area contributed by atoms with Gasteiger partial charge in [0.15, 0.2) is 16.4 Å². The molecule has 1 saturated heterocycles. The molecule has 1 aliphatic rings. The van der Waals surface area contributed by atoms with Gasteiger partial charge in [-0.2, -0.15) is 0 Å². The van der Waals surface area contributed by atoms with Gasteiger partial charge in [0.1, 0.15) is 0 Å². The molecule has 1 atom stereocenters. The second kappa shape index (κ2) is 8.48. The van der Waals surface area contributed by atoms with Crippen LogP contribution in [-0.4, -0.2) is 66.0 Å². The van der Waals surface area contributed by atoms with Gasteiger partial charge in [-0.25, -0.2) is 18.2 Å². The summed E-state index contributed by atoms with van der Waals surface area (Å²) in [6, 6.07) is 1.20. The number of fused-ring (bicyclic) bond motifs is 1. The van der Waals surface area contributed by atoms with Crippen LogP contribution in [0.25, 0.3) is 11.1 Å². The first-order valence-electron chi connectivity index (χ1n) is 9.62. The summed E-state index contributed by atoms with van der Waals surface area (Å²) >= 11 is 0. The Morgan fingerprint density at radius 1 is 1.34 bits per heavy atom. The minimum Gasteiger partial charge on any atom is -0.452 e. The minimum atomic E-state index is -3.13. The van der Waals surface area contributed by atoms with Crippen molar-refractivity contribution >= 4 is 32.8 Å². The van der Waals surface area contributed by atoms with E-state index in [9.17, 15) is 18.0 Å². The number of sulfone groups is 1. The molecule has 0 spiro atoms. The molecule has 0 radical (unpaired) electrons. The summed E-state index contributed by atoms with van der Waals surface area (Å²) in [5, 5.41) is 4.28. The molecular weight excluding hydrogens is 398 g/mol. The Morgan fingerprint density at radius 2 is 2.10 bits per heavy atom. The monoisotopic (exact) mass is 423 g/mol. The van der Waals surface area contributed by atoms with Crippen molar-refractivity contribution in [2.45, 2.75) is 46.1 Å². The Bertz CT molecular complexity index is 1030. The van der Waals surface area contributed by atoms with Gasteiger partial charge in [0.2, 0.25) is 0 Å². The van der Waals surface area contributed by atoms with Gasteiger partial charge < -0.3 is 14.2 Å². The number of amides is 1. The van der Waals surface area contributed by atoms with Gasteiger partial charge in [-0.05, 0) is 32.8 Å². The molecular formula is C19H25N3O6S. The molecule has 0 saturated carbocycles. The lowest BCUT2D eigenvalue weighted by Gasteiger charge is -2.28. The summed E-state index contributed by atoms with van der Waals surface area (Å²) in [5.74, 6) is -1.03. The molecule has 0 bridgehead atoms. The molecule has 1 aliphatic heterocycles. The number of hydrogen-bond donors (Lipinski definition) is 0. The first-order chi connectivity index (χ1) is 13.7. The Labute approximate surface area is 169 Å². The van der Waals surface area contributed by atoms with E-state index in [-0.39, 0.29) is 28.8 Å². The van der Waals surface area contributed by atoms with E-state index in [4.69, 9.17) is 9.26 Å². The molecule has 10 heteroatoms. The summed E-state index contributed by atoms with van der Waals surface area (Å²) in [6.07, 6.45) is 2.03. The van der Waals surface area contributed by atoms with Gasteiger partial charge in [0, 0.05) is 18.3 Å². The highest BCUT2D eigenvalue weighted by Crippen LogP contribution is 2.23. The molecule has 2 aromatic rings. The van der Waals surface area contributed by atoms with Gasteiger partial charge in [-0.15, -0.1) is 0 Å². The fraction of sp³-hybridized carbons (Fsp3) is 0.579. The van der Waals surface area contributed by atoms with Crippen molar-refractivity contribution in [3.05, 3.63) is 23.0 Å². The van der Waals surface area contributed by atoms with E-state index in [1.165, 1.54) is 0 Å². The maximum atomic E-state index is 12.7. The number of esters is 1. The smallest absolute Gasteiger partial charge is 0.339 e. The summed E-state index contributed by atoms with van der Waals surface area (Å²) in [4.78, 5) is 31.1. The van der Waals surface area contributed by atoms with Crippen molar-refractivity contribution in [1.29, 1.82) is 0 Å². The van der Waals surface area contributed by atoms with Gasteiger partial charge in [0.05, 0.1) is 28.1 Å². The molecule has 29 heavy (non-hydrogen) atoms. The molecule has 0 aromatic carbocycles. The maximum absolute atomic E-state index is 12.7. The fourth-order valence-corrected chi connectivity index (χ4v) is 5.26. The molecule has 0 N–H and O–H groups in total. The van der Waals surface area contributed by atoms with Crippen molar-refractivity contribution in [1.82, 2.24) is 15.0 Å². The van der Waals surface area contributed by atoms with Crippen molar-refractivity contribution in [3.8, 4) is 0 Å². The summed E-state index contributed by atoms with van der Waals surface area (Å²) in [5.41, 5.74) is 1.54. The number of carbonyl (C=O) groups is 2. The van der Waals surface area contributed by atoms with E-state index in [1.807, 2.05) is 6.92 Å². The Morgan fingerprint density at radius 3 is 2.76 bits per heavy atom. The Hall–Kier alpha value is -2.49. The van der Waals surface area contributed by atoms with E-state index >= 15 is 0 Å². The Balaban J connectivity index is 1.73. The average Bonchev–Trinajstić information content (AvgIpc) is 3.21. The molecule has 1 amide bonds. The van der Waals surface area contributed by atoms with E-state index in [0.717, 1.165) is 12.8 Å². The number of carbonyl (C=O) groups excluding carboxylic acids is 2. The zero-order chi connectivity index (χ0) is 21.2. The summed E-state index contributed by atoms with van der Waals surface area (Å²) < 4.78 is 34.0. The summed E-state index contributed by atoms with van der Waals surface area (Å²) in [6.45, 7) is 5.39. The number of nitrogens with zero attached hydrogens (tertiary/aromatic N) is 3. The second-order valence-corrected chi connectivity index (χ2v) is 9.56. The average molecular weight is 423 g/mol. The van der Waals surface area contributed by atoms with Gasteiger partial charge in [0.25, 0.3) is 11.6 Å². The SMILES string of the molecule is CCCCN(C(=O)COC(=O)c1cc(C)nc2onc(C)c12)[C@@H]1CCS(=O)(=O)C1. The highest BCUT2D eigenvalue weighted by molar-refractivity contribution is 7.91. The van der Waals surface area contributed by atoms with Gasteiger partial charge in [-0.3, -0.25) is 4.79 Å². The largest absolute Gasteiger partial charge is 0.452 e. The van der Waals surface area contributed by atoms with Crippen LogP contribution in [-0.2, 0) is 19.4 Å². The maximum Gasteiger partial charge on any atom is 0.339 e. The number of pyridine rings is 1. The van der Waals surface area contributed by atoms with Crippen LogP contribution in [0.3, 0.4) is 0 Å². The standard InChI is InChI=1S/C19H25N3O6S/c1-4-5-7-22(14-6-8-29(25,26)11-14)16(23)10-27-19(24)15-9-12(2)20-18-17(15)13(3)21-28-18/h9,14H,4-8,10-11H2,1-3H3/t14-/m1/s1. The minimum absolute atomic E-state index is 0.0412. The zero-order valence-corrected chi connectivity index (χ0v) is 17.6. The summed E-state index contributed by atoms with van der Waals surface area (Å²) in [7, 11) is -3.13. The zero-order valence-electron chi connectivity index (χ0n) is 16.8. The molecule has 158 valence electrons. The van der Waals surface area contributed by atoms with Crippen molar-refractivity contribution in [2.24, 2.45) is 0 Å². The second-order valence-electron chi connectivity index (χ2n) is 7.33. The molecule has 2 aromatic heterocycles. The van der Waals surface area contributed by atoms with Crippen LogP contribution in [0.4, 0.5) is 0 Å². The molecule has 3 rings (SSSR count). The number of unbranched alkanes of at least 4 members (excludes halogenated alkanes) is 1. The molecule has 0 unspecified atom stereocenters. The van der Waals surface area contributed by atoms with Gasteiger partial charge >= 0.3 is 5.97 Å². The number of aryl methyl sites for hydroxylation is 2. The Kier molecular flexibility index (Phi) is 6.21. The van der Waals surface area contributed by atoms with E-state index < -0.39 is 28.3 Å². The predicted molar refractivity (Wildman–Crippen MR) is 105 cm³/mol. The van der Waals surface area contributed by atoms with Crippen LogP contribution >= 0.6 is 0 Å². The van der Waals surface area contributed by atoms with Crippen molar-refractivity contribution < 1.29 is 27.3 Å². The first kappa shape index (κ1) is 21.2. The highest BCUT2D eigenvalue weighted by atomic mass is 32.2. The molecule has 9 nitrogen and oxygen atoms in total. The van der Waals surface area contributed by atoms with E-state index in [1.54, 1.807) is 24.8 Å². The first-order valence-corrected chi connectivity index (χ1v) is 11.4. The lowest BCUT2D eigenvalue weighted by atomic mass is 10.1. The van der Waals surface area contributed by atoms with Crippen LogP contribution in [0.15, 0.2) is 10.6 Å². The van der Waals surface area contributed by atoms with Crippen LogP contribution in [0.5, 0.6) is 0 Å². The number of ether oxygens (including phenoxy) is 1. The number of hydrogen-bond acceptors (Lipinski definition) is 8. The molecule has 0 aliphatic carbocycles. The van der Waals surface area contributed by atoms with Crippen LogP contribution < -0.4 is 0 Å². The third-order valence-corrected chi connectivity index (χ3v) is 6.76. The highest BCUT2D eigenvalue weighted by Gasteiger charge is 2.34. The molecule has 3 heterocycles. The lowest BCUT2D eigenvalue weighted by Crippen LogP contribution is -2.43. The fourth-order valence-electron chi connectivity index (χ4n) is 3.53.